The van der Waals surface area contributed by atoms with Gasteiger partial charge in [0.25, 0.3) is 10.0 Å². The van der Waals surface area contributed by atoms with Crippen molar-refractivity contribution in [1.29, 1.82) is 0 Å². The molecule has 0 spiro atoms. The molecule has 0 aliphatic rings. The molecule has 0 aliphatic heterocycles. The van der Waals surface area contributed by atoms with Crippen LogP contribution in [-0.2, 0) is 26.2 Å². The number of sulfonamides is 1. The molecule has 3 aromatic rings. The first-order valence-corrected chi connectivity index (χ1v) is 15.8. The van der Waals surface area contributed by atoms with E-state index >= 15 is 0 Å². The van der Waals surface area contributed by atoms with Crippen LogP contribution in [0, 0.1) is 12.8 Å². The summed E-state index contributed by atoms with van der Waals surface area (Å²) in [5.74, 6) is -0.666. The summed E-state index contributed by atoms with van der Waals surface area (Å²) in [5.41, 5.74) is 1.47. The Kier molecular flexibility index (Phi) is 11.5. The molecule has 0 aliphatic carbocycles. The summed E-state index contributed by atoms with van der Waals surface area (Å²) in [6, 6.07) is 14.6. The van der Waals surface area contributed by atoms with Gasteiger partial charge in [0.15, 0.2) is 0 Å². The number of amides is 2. The van der Waals surface area contributed by atoms with Crippen LogP contribution in [0.1, 0.15) is 31.9 Å². The lowest BCUT2D eigenvalue weighted by molar-refractivity contribution is -0.139. The second kappa shape index (κ2) is 14.5. The van der Waals surface area contributed by atoms with Crippen molar-refractivity contribution in [2.75, 3.05) is 24.5 Å². The first-order chi connectivity index (χ1) is 19.7. The molecule has 0 saturated heterocycles. The fourth-order valence-corrected chi connectivity index (χ4v) is 6.13. The van der Waals surface area contributed by atoms with E-state index in [9.17, 15) is 18.0 Å². The highest BCUT2D eigenvalue weighted by atomic mass is 35.5. The molecule has 0 heterocycles. The SMILES string of the molecule is COc1ccc(Cl)cc1N(CC(=O)N(Cc1ccc(Cl)cc1Cl)C(C)C(=O)NCC(C)C)S(=O)(=O)c1ccc(C)cc1. The second-order valence-corrected chi connectivity index (χ2v) is 13.4. The van der Waals surface area contributed by atoms with Crippen LogP contribution in [0.3, 0.4) is 0 Å². The minimum atomic E-state index is -4.30. The van der Waals surface area contributed by atoms with Crippen molar-refractivity contribution in [3.8, 4) is 5.75 Å². The molecule has 3 aromatic carbocycles. The van der Waals surface area contributed by atoms with Crippen molar-refractivity contribution >= 4 is 62.3 Å². The van der Waals surface area contributed by atoms with Crippen LogP contribution in [0.2, 0.25) is 15.1 Å². The summed E-state index contributed by atoms with van der Waals surface area (Å²) in [7, 11) is -2.91. The molecule has 0 fully saturated rings. The van der Waals surface area contributed by atoms with E-state index < -0.39 is 34.4 Å². The van der Waals surface area contributed by atoms with Crippen LogP contribution in [-0.4, -0.2) is 51.4 Å². The van der Waals surface area contributed by atoms with E-state index in [4.69, 9.17) is 39.5 Å². The number of carbonyl (C=O) groups excluding carboxylic acids is 2. The van der Waals surface area contributed by atoms with Crippen molar-refractivity contribution in [3.05, 3.63) is 86.9 Å². The Labute approximate surface area is 262 Å². The Bertz CT molecular complexity index is 1530. The van der Waals surface area contributed by atoms with Crippen LogP contribution in [0.5, 0.6) is 5.75 Å². The molecule has 42 heavy (non-hydrogen) atoms. The van der Waals surface area contributed by atoms with Crippen molar-refractivity contribution in [2.45, 2.75) is 45.2 Å². The number of methoxy groups -OCH3 is 1. The summed E-state index contributed by atoms with van der Waals surface area (Å²) in [6.45, 7) is 7.00. The summed E-state index contributed by atoms with van der Waals surface area (Å²) in [5, 5.41) is 3.80. The molecule has 0 radical (unpaired) electrons. The van der Waals surface area contributed by atoms with Crippen molar-refractivity contribution in [1.82, 2.24) is 10.2 Å². The van der Waals surface area contributed by atoms with Crippen molar-refractivity contribution in [2.24, 2.45) is 5.92 Å². The molecular weight excluding hydrogens is 621 g/mol. The number of benzene rings is 3. The van der Waals surface area contributed by atoms with Gasteiger partial charge >= 0.3 is 0 Å². The maximum Gasteiger partial charge on any atom is 0.264 e. The molecule has 1 unspecified atom stereocenters. The lowest BCUT2D eigenvalue weighted by Gasteiger charge is -2.32. The number of hydrogen-bond acceptors (Lipinski definition) is 5. The number of hydrogen-bond donors (Lipinski definition) is 1. The average molecular weight is 655 g/mol. The second-order valence-electron chi connectivity index (χ2n) is 10.2. The Morgan fingerprint density at radius 3 is 2.14 bits per heavy atom. The van der Waals surface area contributed by atoms with Gasteiger partial charge in [-0.15, -0.1) is 0 Å². The zero-order valence-electron chi connectivity index (χ0n) is 24.0. The summed E-state index contributed by atoms with van der Waals surface area (Å²) in [6.07, 6.45) is 0. The van der Waals surface area contributed by atoms with Crippen molar-refractivity contribution < 1.29 is 22.7 Å². The monoisotopic (exact) mass is 653 g/mol. The predicted molar refractivity (Wildman–Crippen MR) is 168 cm³/mol. The number of nitrogens with zero attached hydrogens (tertiary/aromatic N) is 2. The number of carbonyl (C=O) groups is 2. The molecule has 1 N–H and O–H groups in total. The van der Waals surface area contributed by atoms with Gasteiger partial charge in [-0.3, -0.25) is 13.9 Å². The molecule has 0 aromatic heterocycles. The molecule has 226 valence electrons. The Morgan fingerprint density at radius 1 is 0.929 bits per heavy atom. The molecule has 2 amide bonds. The normalized spacial score (nSPS) is 12.1. The third-order valence-electron chi connectivity index (χ3n) is 6.51. The topological polar surface area (TPSA) is 96.0 Å². The van der Waals surface area contributed by atoms with Gasteiger partial charge in [-0.25, -0.2) is 8.42 Å². The van der Waals surface area contributed by atoms with Crippen LogP contribution >= 0.6 is 34.8 Å². The standard InChI is InChI=1S/C30H34Cl3N3O5S/c1-19(2)16-34-30(38)21(4)35(17-22-8-9-23(31)14-26(22)33)29(37)18-36(27-15-24(32)10-13-28(27)41-5)42(39,40)25-11-6-20(3)7-12-25/h6-15,19,21H,16-18H2,1-5H3,(H,34,38). The molecule has 0 saturated carbocycles. The summed E-state index contributed by atoms with van der Waals surface area (Å²) >= 11 is 18.8. The summed E-state index contributed by atoms with van der Waals surface area (Å²) < 4.78 is 34.5. The summed E-state index contributed by atoms with van der Waals surface area (Å²) in [4.78, 5) is 28.5. The Hall–Kier alpha value is -2.98. The maximum absolute atomic E-state index is 14.1. The van der Waals surface area contributed by atoms with E-state index in [-0.39, 0.29) is 33.8 Å². The molecule has 1 atom stereocenters. The highest BCUT2D eigenvalue weighted by molar-refractivity contribution is 7.92. The molecule has 8 nitrogen and oxygen atoms in total. The highest BCUT2D eigenvalue weighted by Gasteiger charge is 2.34. The molecule has 3 rings (SSSR count). The van der Waals surface area contributed by atoms with E-state index in [1.807, 2.05) is 20.8 Å². The number of anilines is 1. The van der Waals surface area contributed by atoms with Crippen LogP contribution in [0.25, 0.3) is 0 Å². The largest absolute Gasteiger partial charge is 0.495 e. The third-order valence-corrected chi connectivity index (χ3v) is 9.10. The van der Waals surface area contributed by atoms with Gasteiger partial charge < -0.3 is 15.0 Å². The van der Waals surface area contributed by atoms with Crippen LogP contribution < -0.4 is 14.4 Å². The number of aryl methyl sites for hydroxylation is 1. The van der Waals surface area contributed by atoms with Crippen molar-refractivity contribution in [3.63, 3.8) is 0 Å². The van der Waals surface area contributed by atoms with Crippen LogP contribution in [0.4, 0.5) is 5.69 Å². The quantitative estimate of drug-likeness (QED) is 0.246. The number of nitrogens with one attached hydrogen (secondary N) is 1. The fourth-order valence-electron chi connectivity index (χ4n) is 4.08. The third kappa shape index (κ3) is 8.31. The van der Waals surface area contributed by atoms with E-state index in [0.717, 1.165) is 9.87 Å². The van der Waals surface area contributed by atoms with Gasteiger partial charge in [-0.2, -0.15) is 0 Å². The number of rotatable bonds is 12. The fraction of sp³-hybridized carbons (Fsp3) is 0.333. The van der Waals surface area contributed by atoms with Crippen LogP contribution in [0.15, 0.2) is 65.6 Å². The number of halogens is 3. The predicted octanol–water partition coefficient (Wildman–Crippen LogP) is 6.35. The zero-order chi connectivity index (χ0) is 31.2. The van der Waals surface area contributed by atoms with Gasteiger partial charge in [0, 0.05) is 28.2 Å². The highest BCUT2D eigenvalue weighted by Crippen LogP contribution is 2.35. The van der Waals surface area contributed by atoms with Gasteiger partial charge in [0.05, 0.1) is 17.7 Å². The lowest BCUT2D eigenvalue weighted by atomic mass is 10.1. The number of ether oxygens (including phenoxy) is 1. The minimum absolute atomic E-state index is 0.0297. The molecule has 12 heteroatoms. The van der Waals surface area contributed by atoms with E-state index in [0.29, 0.717) is 22.2 Å². The molecular formula is C30H34Cl3N3O5S. The van der Waals surface area contributed by atoms with E-state index in [1.165, 1.54) is 42.3 Å². The smallest absolute Gasteiger partial charge is 0.264 e. The van der Waals surface area contributed by atoms with Gasteiger partial charge in [-0.05, 0) is 67.8 Å². The zero-order valence-corrected chi connectivity index (χ0v) is 27.1. The lowest BCUT2D eigenvalue weighted by Crippen LogP contribution is -2.51. The van der Waals surface area contributed by atoms with Gasteiger partial charge in [0.1, 0.15) is 18.3 Å². The van der Waals surface area contributed by atoms with Gasteiger partial charge in [0.2, 0.25) is 11.8 Å². The van der Waals surface area contributed by atoms with Gasteiger partial charge in [-0.1, -0.05) is 72.4 Å². The Morgan fingerprint density at radius 2 is 1.55 bits per heavy atom. The maximum atomic E-state index is 14.1. The first kappa shape index (κ1) is 33.5. The first-order valence-electron chi connectivity index (χ1n) is 13.2. The Balaban J connectivity index is 2.10. The molecule has 0 bridgehead atoms. The van der Waals surface area contributed by atoms with E-state index in [1.54, 1.807) is 37.3 Å². The minimum Gasteiger partial charge on any atom is -0.495 e. The average Bonchev–Trinajstić information content (AvgIpc) is 2.93. The van der Waals surface area contributed by atoms with E-state index in [2.05, 4.69) is 5.32 Å².